The topological polar surface area (TPSA) is 70.7 Å². The van der Waals surface area contributed by atoms with E-state index in [0.717, 1.165) is 24.7 Å². The van der Waals surface area contributed by atoms with Gasteiger partial charge >= 0.3 is 6.18 Å². The molecule has 1 saturated carbocycles. The highest BCUT2D eigenvalue weighted by atomic mass is 79.9. The predicted octanol–water partition coefficient (Wildman–Crippen LogP) is 6.08. The number of alkyl halides is 3. The summed E-state index contributed by atoms with van der Waals surface area (Å²) in [5.74, 6) is -0.299. The van der Waals surface area contributed by atoms with Crippen molar-refractivity contribution in [3.63, 3.8) is 0 Å². The summed E-state index contributed by atoms with van der Waals surface area (Å²) in [6, 6.07) is 4.58. The Labute approximate surface area is 212 Å². The average Bonchev–Trinajstić information content (AvgIpc) is 3.46. The second kappa shape index (κ2) is 9.30. The molecule has 0 unspecified atom stereocenters. The SMILES string of the molecule is CCn1cc(C(F)(F)F)nc1-c1cc(-c2c(OC)ncnc2C2CC2)c(Cn2ccc(Br)n2)cc1F. The van der Waals surface area contributed by atoms with Gasteiger partial charge in [0.05, 0.1) is 30.5 Å². The standard InChI is InChI=1S/C24H21BrF4N6O/c1-3-34-11-18(24(27,28)29)32-22(34)16-9-15(14(8-17(16)26)10-35-7-6-19(25)33-35)20-21(13-4-5-13)30-12-31-23(20)36-2/h6-9,11-13H,3-5,10H2,1-2H3. The molecule has 4 aromatic rings. The lowest BCUT2D eigenvalue weighted by Gasteiger charge is -2.18. The second-order valence-electron chi connectivity index (χ2n) is 8.48. The van der Waals surface area contributed by atoms with E-state index >= 15 is 4.39 Å². The molecule has 3 aromatic heterocycles. The molecule has 1 fully saturated rings. The van der Waals surface area contributed by atoms with Crippen LogP contribution in [0.1, 0.15) is 42.6 Å². The molecule has 188 valence electrons. The van der Waals surface area contributed by atoms with Gasteiger partial charge in [0, 0.05) is 24.9 Å². The average molecular weight is 565 g/mol. The first kappa shape index (κ1) is 24.4. The van der Waals surface area contributed by atoms with Gasteiger partial charge in [-0.1, -0.05) is 0 Å². The Morgan fingerprint density at radius 2 is 1.94 bits per heavy atom. The molecule has 0 radical (unpaired) electrons. The minimum Gasteiger partial charge on any atom is -0.480 e. The van der Waals surface area contributed by atoms with Gasteiger partial charge in [-0.2, -0.15) is 18.3 Å². The Balaban J connectivity index is 1.75. The Hall–Kier alpha value is -3.28. The molecule has 0 N–H and O–H groups in total. The van der Waals surface area contributed by atoms with Gasteiger partial charge in [-0.05, 0) is 65.0 Å². The van der Waals surface area contributed by atoms with Crippen LogP contribution < -0.4 is 4.74 Å². The molecule has 0 bridgehead atoms. The second-order valence-corrected chi connectivity index (χ2v) is 9.29. The quantitative estimate of drug-likeness (QED) is 0.254. The third kappa shape index (κ3) is 4.61. The summed E-state index contributed by atoms with van der Waals surface area (Å²) in [4.78, 5) is 12.5. The highest BCUT2D eigenvalue weighted by Gasteiger charge is 2.36. The number of imidazole rings is 1. The Morgan fingerprint density at radius 1 is 1.17 bits per heavy atom. The lowest BCUT2D eigenvalue weighted by atomic mass is 9.94. The summed E-state index contributed by atoms with van der Waals surface area (Å²) in [6.07, 6.45) is 1.28. The van der Waals surface area contributed by atoms with Crippen LogP contribution in [0, 0.1) is 5.82 Å². The van der Waals surface area contributed by atoms with Crippen LogP contribution in [-0.4, -0.2) is 36.4 Å². The maximum atomic E-state index is 15.6. The van der Waals surface area contributed by atoms with E-state index < -0.39 is 17.7 Å². The van der Waals surface area contributed by atoms with Crippen molar-refractivity contribution in [1.82, 2.24) is 29.3 Å². The Bertz CT molecular complexity index is 1430. The van der Waals surface area contributed by atoms with Crippen LogP contribution in [0.25, 0.3) is 22.5 Å². The zero-order valence-corrected chi connectivity index (χ0v) is 20.9. The Kier molecular flexibility index (Phi) is 6.31. The highest BCUT2D eigenvalue weighted by Crippen LogP contribution is 2.47. The fourth-order valence-electron chi connectivity index (χ4n) is 4.21. The summed E-state index contributed by atoms with van der Waals surface area (Å²) in [6.45, 7) is 2.06. The van der Waals surface area contributed by atoms with E-state index in [1.807, 2.05) is 0 Å². The van der Waals surface area contributed by atoms with Crippen molar-refractivity contribution in [2.45, 2.75) is 44.9 Å². The minimum absolute atomic E-state index is 0.0552. The molecule has 1 aliphatic carbocycles. The Morgan fingerprint density at radius 3 is 2.56 bits per heavy atom. The van der Waals surface area contributed by atoms with Crippen LogP contribution in [0.2, 0.25) is 0 Å². The number of hydrogen-bond donors (Lipinski definition) is 0. The molecular weight excluding hydrogens is 544 g/mol. The van der Waals surface area contributed by atoms with E-state index in [9.17, 15) is 13.2 Å². The van der Waals surface area contributed by atoms with Gasteiger partial charge in [0.1, 0.15) is 22.6 Å². The largest absolute Gasteiger partial charge is 0.480 e. The third-order valence-corrected chi connectivity index (χ3v) is 6.47. The van der Waals surface area contributed by atoms with Gasteiger partial charge in [-0.3, -0.25) is 4.68 Å². The zero-order chi connectivity index (χ0) is 25.6. The van der Waals surface area contributed by atoms with E-state index in [4.69, 9.17) is 4.74 Å². The molecule has 0 aliphatic heterocycles. The number of aryl methyl sites for hydroxylation is 1. The number of ether oxygens (including phenoxy) is 1. The van der Waals surface area contributed by atoms with Gasteiger partial charge in [-0.15, -0.1) is 0 Å². The molecular formula is C24H21BrF4N6O. The van der Waals surface area contributed by atoms with Crippen molar-refractivity contribution in [2.24, 2.45) is 0 Å². The molecule has 3 heterocycles. The van der Waals surface area contributed by atoms with Crippen molar-refractivity contribution in [1.29, 1.82) is 0 Å². The zero-order valence-electron chi connectivity index (χ0n) is 19.4. The maximum Gasteiger partial charge on any atom is 0.434 e. The number of methoxy groups -OCH3 is 1. The van der Waals surface area contributed by atoms with E-state index in [1.54, 1.807) is 23.9 Å². The molecule has 1 aromatic carbocycles. The molecule has 36 heavy (non-hydrogen) atoms. The van der Waals surface area contributed by atoms with E-state index in [0.29, 0.717) is 27.2 Å². The lowest BCUT2D eigenvalue weighted by Crippen LogP contribution is -2.07. The predicted molar refractivity (Wildman–Crippen MR) is 127 cm³/mol. The summed E-state index contributed by atoms with van der Waals surface area (Å²) < 4.78 is 64.9. The van der Waals surface area contributed by atoms with E-state index in [2.05, 4.69) is 36.0 Å². The molecule has 7 nitrogen and oxygen atoms in total. The number of hydrogen-bond acceptors (Lipinski definition) is 5. The van der Waals surface area contributed by atoms with Gasteiger partial charge in [0.15, 0.2) is 5.69 Å². The summed E-state index contributed by atoms with van der Waals surface area (Å²) in [5, 5.41) is 4.33. The molecule has 1 aliphatic rings. The van der Waals surface area contributed by atoms with Crippen LogP contribution in [0.4, 0.5) is 17.6 Å². The summed E-state index contributed by atoms with van der Waals surface area (Å²) >= 11 is 3.31. The van der Waals surface area contributed by atoms with Crippen molar-refractivity contribution < 1.29 is 22.3 Å². The monoisotopic (exact) mass is 564 g/mol. The molecule has 12 heteroatoms. The van der Waals surface area contributed by atoms with Crippen LogP contribution in [0.3, 0.4) is 0 Å². The van der Waals surface area contributed by atoms with Gasteiger partial charge in [0.2, 0.25) is 5.88 Å². The summed E-state index contributed by atoms with van der Waals surface area (Å²) in [7, 11) is 1.48. The van der Waals surface area contributed by atoms with Crippen molar-refractivity contribution in [2.75, 3.05) is 7.11 Å². The van der Waals surface area contributed by atoms with Crippen molar-refractivity contribution >= 4 is 15.9 Å². The van der Waals surface area contributed by atoms with Crippen LogP contribution in [0.5, 0.6) is 5.88 Å². The van der Waals surface area contributed by atoms with Gasteiger partial charge in [0.25, 0.3) is 0 Å². The molecule has 5 rings (SSSR count). The number of benzene rings is 1. The number of halogens is 5. The van der Waals surface area contributed by atoms with E-state index in [1.165, 1.54) is 30.1 Å². The third-order valence-electron chi connectivity index (χ3n) is 6.05. The van der Waals surface area contributed by atoms with Crippen LogP contribution in [0.15, 0.2) is 41.5 Å². The smallest absolute Gasteiger partial charge is 0.434 e. The first-order valence-electron chi connectivity index (χ1n) is 11.2. The molecule has 0 amide bonds. The van der Waals surface area contributed by atoms with Gasteiger partial charge < -0.3 is 9.30 Å². The highest BCUT2D eigenvalue weighted by molar-refractivity contribution is 9.10. The normalized spacial score (nSPS) is 13.9. The first-order valence-corrected chi connectivity index (χ1v) is 12.0. The van der Waals surface area contributed by atoms with E-state index in [-0.39, 0.29) is 30.4 Å². The van der Waals surface area contributed by atoms with Crippen LogP contribution >= 0.6 is 15.9 Å². The first-order chi connectivity index (χ1) is 17.2. The number of aromatic nitrogens is 6. The van der Waals surface area contributed by atoms with Crippen molar-refractivity contribution in [3.05, 3.63) is 64.3 Å². The minimum atomic E-state index is -4.66. The molecule has 0 atom stereocenters. The van der Waals surface area contributed by atoms with Gasteiger partial charge in [-0.25, -0.2) is 19.3 Å². The number of nitrogens with zero attached hydrogens (tertiary/aromatic N) is 6. The fraction of sp³-hybridized carbons (Fsp3) is 0.333. The summed E-state index contributed by atoms with van der Waals surface area (Å²) in [5.41, 5.74) is 1.32. The lowest BCUT2D eigenvalue weighted by molar-refractivity contribution is -0.140. The maximum absolute atomic E-state index is 15.6. The van der Waals surface area contributed by atoms with Crippen molar-refractivity contribution in [3.8, 4) is 28.4 Å². The fourth-order valence-corrected chi connectivity index (χ4v) is 4.54. The van der Waals surface area contributed by atoms with Crippen LogP contribution in [-0.2, 0) is 19.3 Å². The molecule has 0 saturated heterocycles. The number of rotatable bonds is 7. The molecule has 0 spiro atoms.